The molecule has 0 aliphatic carbocycles. The Bertz CT molecular complexity index is 1260. The second-order valence-electron chi connectivity index (χ2n) is 7.01. The van der Waals surface area contributed by atoms with Crippen molar-refractivity contribution in [3.63, 3.8) is 0 Å². The molecule has 170 valence electrons. The van der Waals surface area contributed by atoms with E-state index in [2.05, 4.69) is 32.5 Å². The number of carboxylic acids is 1. The first-order valence-corrected chi connectivity index (χ1v) is 12.3. The molecule has 33 heavy (non-hydrogen) atoms. The lowest BCUT2D eigenvalue weighted by Gasteiger charge is -2.11. The monoisotopic (exact) mass is 546 g/mol. The van der Waals surface area contributed by atoms with Crippen LogP contribution < -0.4 is 9.47 Å². The van der Waals surface area contributed by atoms with Crippen molar-refractivity contribution >= 4 is 44.8 Å². The van der Waals surface area contributed by atoms with Crippen molar-refractivity contribution in [2.75, 3.05) is 13.2 Å². The zero-order valence-corrected chi connectivity index (χ0v) is 20.8. The van der Waals surface area contributed by atoms with Crippen molar-refractivity contribution in [3.05, 3.63) is 74.3 Å². The summed E-state index contributed by atoms with van der Waals surface area (Å²) in [6.07, 6.45) is 0. The first-order chi connectivity index (χ1) is 16.0. The van der Waals surface area contributed by atoms with Crippen molar-refractivity contribution in [3.8, 4) is 34.0 Å². The summed E-state index contributed by atoms with van der Waals surface area (Å²) in [6.45, 7) is 3.14. The Labute approximate surface area is 208 Å². The van der Waals surface area contributed by atoms with Gasteiger partial charge in [0.2, 0.25) is 5.88 Å². The number of thiophene rings is 1. The highest BCUT2D eigenvalue weighted by Gasteiger charge is 2.19. The van der Waals surface area contributed by atoms with Gasteiger partial charge in [0, 0.05) is 5.56 Å². The standard InChI is InChI=1S/C24H20BrClN2O4S/c1-2-31-23-21(25)22(15-3-5-16(6-4-15)24(29)30)27-28(23)10-11-32-20-8-7-17(13-19(20)26)18-9-12-33-14-18/h3-9,12-14H,2,10-11H2,1H3,(H,29,30). The average Bonchev–Trinajstić information content (AvgIpc) is 3.45. The van der Waals surface area contributed by atoms with E-state index in [1.165, 1.54) is 0 Å². The molecule has 2 aromatic carbocycles. The number of halogens is 2. The Kier molecular flexibility index (Phi) is 7.37. The highest BCUT2D eigenvalue weighted by Crippen LogP contribution is 2.36. The summed E-state index contributed by atoms with van der Waals surface area (Å²) in [4.78, 5) is 11.1. The van der Waals surface area contributed by atoms with E-state index in [-0.39, 0.29) is 5.56 Å². The quantitative estimate of drug-likeness (QED) is 0.247. The fraction of sp³-hybridized carbons (Fsp3) is 0.167. The number of rotatable bonds is 9. The molecule has 0 atom stereocenters. The van der Waals surface area contributed by atoms with Crippen LogP contribution in [0.4, 0.5) is 0 Å². The molecule has 0 amide bonds. The summed E-state index contributed by atoms with van der Waals surface area (Å²) in [7, 11) is 0. The Morgan fingerprint density at radius 1 is 1.12 bits per heavy atom. The van der Waals surface area contributed by atoms with Crippen LogP contribution >= 0.6 is 38.9 Å². The van der Waals surface area contributed by atoms with Gasteiger partial charge in [-0.05, 0) is 75.1 Å². The van der Waals surface area contributed by atoms with Crippen LogP contribution in [0.1, 0.15) is 17.3 Å². The van der Waals surface area contributed by atoms with Crippen LogP contribution in [0.3, 0.4) is 0 Å². The molecular weight excluding hydrogens is 528 g/mol. The summed E-state index contributed by atoms with van der Waals surface area (Å²) in [5.74, 6) is 0.210. The predicted octanol–water partition coefficient (Wildman–Crippen LogP) is 6.87. The number of benzene rings is 2. The summed E-state index contributed by atoms with van der Waals surface area (Å²) < 4.78 is 14.1. The number of hydrogen-bond acceptors (Lipinski definition) is 5. The van der Waals surface area contributed by atoms with E-state index in [0.29, 0.717) is 46.6 Å². The van der Waals surface area contributed by atoms with E-state index in [9.17, 15) is 4.79 Å². The number of ether oxygens (including phenoxy) is 2. The van der Waals surface area contributed by atoms with Gasteiger partial charge in [-0.15, -0.1) is 0 Å². The van der Waals surface area contributed by atoms with Crippen LogP contribution in [0.25, 0.3) is 22.4 Å². The van der Waals surface area contributed by atoms with Crippen molar-refractivity contribution in [2.45, 2.75) is 13.5 Å². The maximum absolute atomic E-state index is 11.1. The summed E-state index contributed by atoms with van der Waals surface area (Å²) in [5, 5.41) is 18.4. The van der Waals surface area contributed by atoms with Crippen molar-refractivity contribution in [1.29, 1.82) is 0 Å². The van der Waals surface area contributed by atoms with E-state index < -0.39 is 5.97 Å². The lowest BCUT2D eigenvalue weighted by molar-refractivity contribution is 0.0697. The topological polar surface area (TPSA) is 73.6 Å². The zero-order valence-electron chi connectivity index (χ0n) is 17.6. The summed E-state index contributed by atoms with van der Waals surface area (Å²) in [5.41, 5.74) is 3.82. The van der Waals surface area contributed by atoms with Crippen LogP contribution in [0, 0.1) is 0 Å². The third-order valence-corrected chi connectivity index (χ3v) is 6.58. The second-order valence-corrected chi connectivity index (χ2v) is 8.99. The van der Waals surface area contributed by atoms with Crippen molar-refractivity contribution in [1.82, 2.24) is 9.78 Å². The molecule has 2 aromatic heterocycles. The summed E-state index contributed by atoms with van der Waals surface area (Å²) in [6, 6.07) is 14.3. The van der Waals surface area contributed by atoms with Gasteiger partial charge >= 0.3 is 5.97 Å². The molecule has 2 heterocycles. The minimum atomic E-state index is -0.972. The molecule has 0 saturated carbocycles. The number of aromatic nitrogens is 2. The predicted molar refractivity (Wildman–Crippen MR) is 134 cm³/mol. The second kappa shape index (κ2) is 10.4. The highest BCUT2D eigenvalue weighted by atomic mass is 79.9. The van der Waals surface area contributed by atoms with Crippen molar-refractivity contribution < 1.29 is 19.4 Å². The maximum atomic E-state index is 11.1. The minimum absolute atomic E-state index is 0.217. The number of hydrogen-bond donors (Lipinski definition) is 1. The van der Waals surface area contributed by atoms with E-state index in [0.717, 1.165) is 16.7 Å². The number of carboxylic acid groups (broad SMARTS) is 1. The van der Waals surface area contributed by atoms with Gasteiger partial charge in [0.15, 0.2) is 0 Å². The molecule has 0 bridgehead atoms. The third kappa shape index (κ3) is 5.24. The van der Waals surface area contributed by atoms with Gasteiger partial charge in [-0.2, -0.15) is 16.4 Å². The molecule has 1 N–H and O–H groups in total. The molecule has 0 aliphatic heterocycles. The van der Waals surface area contributed by atoms with E-state index in [1.54, 1.807) is 40.3 Å². The Morgan fingerprint density at radius 3 is 2.52 bits per heavy atom. The molecule has 0 radical (unpaired) electrons. The lowest BCUT2D eigenvalue weighted by atomic mass is 10.1. The van der Waals surface area contributed by atoms with Gasteiger partial charge < -0.3 is 14.6 Å². The van der Waals surface area contributed by atoms with Crippen LogP contribution in [0.15, 0.2) is 63.8 Å². The highest BCUT2D eigenvalue weighted by molar-refractivity contribution is 9.10. The third-order valence-electron chi connectivity index (χ3n) is 4.88. The number of aromatic carboxylic acids is 1. The average molecular weight is 548 g/mol. The SMILES string of the molecule is CCOc1c(Br)c(-c2ccc(C(=O)O)cc2)nn1CCOc1ccc(-c2ccsc2)cc1Cl. The van der Waals surface area contributed by atoms with Crippen LogP contribution in [-0.2, 0) is 6.54 Å². The Morgan fingerprint density at radius 2 is 1.88 bits per heavy atom. The molecule has 0 spiro atoms. The minimum Gasteiger partial charge on any atom is -0.490 e. The van der Waals surface area contributed by atoms with Gasteiger partial charge in [0.05, 0.1) is 23.7 Å². The molecule has 0 aliphatic rings. The molecule has 0 fully saturated rings. The van der Waals surface area contributed by atoms with Crippen LogP contribution in [0.2, 0.25) is 5.02 Å². The van der Waals surface area contributed by atoms with Gasteiger partial charge in [-0.25, -0.2) is 9.48 Å². The van der Waals surface area contributed by atoms with E-state index >= 15 is 0 Å². The van der Waals surface area contributed by atoms with Gasteiger partial charge in [-0.1, -0.05) is 29.8 Å². The fourth-order valence-corrected chi connectivity index (χ4v) is 4.80. The maximum Gasteiger partial charge on any atom is 0.335 e. The first-order valence-electron chi connectivity index (χ1n) is 10.2. The summed E-state index contributed by atoms with van der Waals surface area (Å²) >= 11 is 11.7. The van der Waals surface area contributed by atoms with Crippen LogP contribution in [-0.4, -0.2) is 34.1 Å². The molecular formula is C24H20BrClN2O4S. The Hall–Kier alpha value is -2.81. The number of nitrogens with zero attached hydrogens (tertiary/aromatic N) is 2. The molecule has 4 aromatic rings. The Balaban J connectivity index is 1.50. The van der Waals surface area contributed by atoms with Crippen molar-refractivity contribution in [2.24, 2.45) is 0 Å². The van der Waals surface area contributed by atoms with E-state index in [1.807, 2.05) is 30.5 Å². The molecule has 0 unspecified atom stereocenters. The van der Waals surface area contributed by atoms with Gasteiger partial charge in [0.25, 0.3) is 0 Å². The normalized spacial score (nSPS) is 10.9. The smallest absolute Gasteiger partial charge is 0.335 e. The molecule has 9 heteroatoms. The fourth-order valence-electron chi connectivity index (χ4n) is 3.27. The molecule has 4 rings (SSSR count). The first kappa shape index (κ1) is 23.4. The lowest BCUT2D eigenvalue weighted by Crippen LogP contribution is -2.12. The molecule has 0 saturated heterocycles. The largest absolute Gasteiger partial charge is 0.490 e. The van der Waals surface area contributed by atoms with E-state index in [4.69, 9.17) is 26.2 Å². The molecule has 6 nitrogen and oxygen atoms in total. The number of carbonyl (C=O) groups is 1. The van der Waals surface area contributed by atoms with Gasteiger partial charge in [-0.3, -0.25) is 0 Å². The van der Waals surface area contributed by atoms with Gasteiger partial charge in [0.1, 0.15) is 22.5 Å². The zero-order chi connectivity index (χ0) is 23.4. The van der Waals surface area contributed by atoms with Crippen LogP contribution in [0.5, 0.6) is 11.6 Å².